The van der Waals surface area contributed by atoms with Crippen LogP contribution in [0.3, 0.4) is 0 Å². The minimum absolute atomic E-state index is 0.125. The SMILES string of the molecule is COCc1nnc(NC(=O)CN2CCCC(c3cc(=O)[nH]cn3)C2)s1. The Morgan fingerprint density at radius 3 is 3.20 bits per heavy atom. The molecule has 0 radical (unpaired) electrons. The Labute approximate surface area is 148 Å². The van der Waals surface area contributed by atoms with Gasteiger partial charge in [-0.3, -0.25) is 19.8 Å². The van der Waals surface area contributed by atoms with Gasteiger partial charge in [-0.15, -0.1) is 10.2 Å². The first kappa shape index (κ1) is 17.6. The summed E-state index contributed by atoms with van der Waals surface area (Å²) in [5, 5.41) is 11.8. The van der Waals surface area contributed by atoms with E-state index in [-0.39, 0.29) is 23.9 Å². The lowest BCUT2D eigenvalue weighted by molar-refractivity contribution is -0.117. The van der Waals surface area contributed by atoms with Gasteiger partial charge in [0.15, 0.2) is 0 Å². The van der Waals surface area contributed by atoms with Gasteiger partial charge in [0, 0.05) is 25.6 Å². The van der Waals surface area contributed by atoms with Crippen molar-refractivity contribution in [2.75, 3.05) is 32.1 Å². The molecular formula is C15H20N6O3S. The number of H-pyrrole nitrogens is 1. The topological polar surface area (TPSA) is 113 Å². The van der Waals surface area contributed by atoms with E-state index in [0.717, 1.165) is 30.1 Å². The van der Waals surface area contributed by atoms with E-state index in [1.807, 2.05) is 0 Å². The number of piperidine rings is 1. The predicted octanol–water partition coefficient (Wildman–Crippen LogP) is 0.586. The molecule has 0 bridgehead atoms. The third-order valence-corrected chi connectivity index (χ3v) is 4.78. The molecule has 0 saturated carbocycles. The number of anilines is 1. The van der Waals surface area contributed by atoms with Crippen molar-refractivity contribution in [3.8, 4) is 0 Å². The number of hydrogen-bond donors (Lipinski definition) is 2. The Morgan fingerprint density at radius 2 is 2.40 bits per heavy atom. The number of ether oxygens (including phenoxy) is 1. The lowest BCUT2D eigenvalue weighted by atomic mass is 9.94. The molecule has 0 aliphatic carbocycles. The van der Waals surface area contributed by atoms with Crippen LogP contribution in [0.5, 0.6) is 0 Å². The van der Waals surface area contributed by atoms with Gasteiger partial charge < -0.3 is 9.72 Å². The smallest absolute Gasteiger partial charge is 0.250 e. The Kier molecular flexibility index (Phi) is 5.84. The standard InChI is InChI=1S/C15H20N6O3S/c1-24-8-14-19-20-15(25-14)18-13(23)7-21-4-2-3-10(6-21)11-5-12(22)17-9-16-11/h5,9-10H,2-4,6-8H2,1H3,(H,16,17,22)(H,18,20,23). The predicted molar refractivity (Wildman–Crippen MR) is 92.5 cm³/mol. The zero-order chi connectivity index (χ0) is 17.6. The number of aromatic amines is 1. The number of carbonyl (C=O) groups excluding carboxylic acids is 1. The van der Waals surface area contributed by atoms with Crippen LogP contribution in [0.2, 0.25) is 0 Å². The molecule has 134 valence electrons. The Balaban J connectivity index is 1.54. The number of amides is 1. The quantitative estimate of drug-likeness (QED) is 0.771. The number of methoxy groups -OCH3 is 1. The van der Waals surface area contributed by atoms with Gasteiger partial charge in [-0.2, -0.15) is 0 Å². The molecule has 2 aromatic heterocycles. The first-order chi connectivity index (χ1) is 12.1. The molecule has 1 unspecified atom stereocenters. The zero-order valence-electron chi connectivity index (χ0n) is 13.9. The van der Waals surface area contributed by atoms with Crippen molar-refractivity contribution >= 4 is 22.4 Å². The Bertz CT molecular complexity index is 776. The maximum atomic E-state index is 12.2. The summed E-state index contributed by atoms with van der Waals surface area (Å²) in [4.78, 5) is 32.5. The highest BCUT2D eigenvalue weighted by atomic mass is 32.1. The molecule has 3 rings (SSSR count). The van der Waals surface area contributed by atoms with Crippen LogP contribution in [0.4, 0.5) is 5.13 Å². The van der Waals surface area contributed by atoms with Crippen molar-refractivity contribution in [2.24, 2.45) is 0 Å². The minimum atomic E-state index is -0.150. The molecule has 1 fully saturated rings. The van der Waals surface area contributed by atoms with Crippen LogP contribution in [-0.4, -0.2) is 57.7 Å². The summed E-state index contributed by atoms with van der Waals surface area (Å²) in [5.74, 6) is 0.0401. The first-order valence-electron chi connectivity index (χ1n) is 8.02. The van der Waals surface area contributed by atoms with E-state index in [1.165, 1.54) is 23.7 Å². The summed E-state index contributed by atoms with van der Waals surface area (Å²) in [5.41, 5.74) is 0.630. The van der Waals surface area contributed by atoms with Crippen LogP contribution in [0.1, 0.15) is 29.5 Å². The van der Waals surface area contributed by atoms with E-state index >= 15 is 0 Å². The molecule has 3 heterocycles. The number of aromatic nitrogens is 4. The maximum absolute atomic E-state index is 12.2. The number of carbonyl (C=O) groups is 1. The fourth-order valence-corrected chi connectivity index (χ4v) is 3.62. The van der Waals surface area contributed by atoms with Crippen molar-refractivity contribution in [1.29, 1.82) is 0 Å². The normalized spacial score (nSPS) is 18.2. The molecular weight excluding hydrogens is 344 g/mol. The molecule has 1 amide bonds. The molecule has 0 aromatic carbocycles. The van der Waals surface area contributed by atoms with E-state index in [4.69, 9.17) is 4.74 Å². The number of likely N-dealkylation sites (tertiary alicyclic amines) is 1. The van der Waals surface area contributed by atoms with Gasteiger partial charge >= 0.3 is 0 Å². The van der Waals surface area contributed by atoms with Crippen LogP contribution in [0.15, 0.2) is 17.2 Å². The van der Waals surface area contributed by atoms with Crippen molar-refractivity contribution in [1.82, 2.24) is 25.1 Å². The summed E-state index contributed by atoms with van der Waals surface area (Å²) in [6, 6.07) is 1.53. The second kappa shape index (κ2) is 8.28. The van der Waals surface area contributed by atoms with Gasteiger partial charge in [-0.05, 0) is 19.4 Å². The average molecular weight is 364 g/mol. The van der Waals surface area contributed by atoms with Gasteiger partial charge in [0.1, 0.15) is 11.6 Å². The van der Waals surface area contributed by atoms with Gasteiger partial charge in [0.25, 0.3) is 5.56 Å². The molecule has 1 aliphatic rings. The Morgan fingerprint density at radius 1 is 1.52 bits per heavy atom. The fourth-order valence-electron chi connectivity index (χ4n) is 2.90. The highest BCUT2D eigenvalue weighted by Crippen LogP contribution is 2.24. The molecule has 1 atom stereocenters. The van der Waals surface area contributed by atoms with E-state index in [9.17, 15) is 9.59 Å². The van der Waals surface area contributed by atoms with Gasteiger partial charge in [0.2, 0.25) is 11.0 Å². The first-order valence-corrected chi connectivity index (χ1v) is 8.84. The van der Waals surface area contributed by atoms with Crippen LogP contribution in [-0.2, 0) is 16.1 Å². The lowest BCUT2D eigenvalue weighted by Gasteiger charge is -2.31. The van der Waals surface area contributed by atoms with Gasteiger partial charge in [0.05, 0.1) is 18.6 Å². The molecule has 25 heavy (non-hydrogen) atoms. The highest BCUT2D eigenvalue weighted by molar-refractivity contribution is 7.15. The van der Waals surface area contributed by atoms with E-state index in [0.29, 0.717) is 18.3 Å². The molecule has 2 aromatic rings. The van der Waals surface area contributed by atoms with Crippen molar-refractivity contribution in [3.05, 3.63) is 33.4 Å². The molecule has 10 heteroatoms. The third kappa shape index (κ3) is 4.91. The van der Waals surface area contributed by atoms with Crippen molar-refractivity contribution in [3.63, 3.8) is 0 Å². The van der Waals surface area contributed by atoms with Crippen LogP contribution in [0.25, 0.3) is 0 Å². The van der Waals surface area contributed by atoms with Crippen LogP contribution in [0, 0.1) is 0 Å². The van der Waals surface area contributed by atoms with Gasteiger partial charge in [-0.25, -0.2) is 4.98 Å². The Hall–Kier alpha value is -2.17. The summed E-state index contributed by atoms with van der Waals surface area (Å²) < 4.78 is 4.99. The average Bonchev–Trinajstić information content (AvgIpc) is 3.02. The molecule has 9 nitrogen and oxygen atoms in total. The van der Waals surface area contributed by atoms with E-state index < -0.39 is 0 Å². The van der Waals surface area contributed by atoms with E-state index in [1.54, 1.807) is 7.11 Å². The van der Waals surface area contributed by atoms with Crippen molar-refractivity contribution in [2.45, 2.75) is 25.4 Å². The van der Waals surface area contributed by atoms with Crippen LogP contribution >= 0.6 is 11.3 Å². The highest BCUT2D eigenvalue weighted by Gasteiger charge is 2.24. The summed E-state index contributed by atoms with van der Waals surface area (Å²) in [6.07, 6.45) is 3.35. The molecule has 2 N–H and O–H groups in total. The number of nitrogens with one attached hydrogen (secondary N) is 2. The third-order valence-electron chi connectivity index (χ3n) is 3.97. The monoisotopic (exact) mass is 364 g/mol. The summed E-state index contributed by atoms with van der Waals surface area (Å²) in [6.45, 7) is 2.20. The summed E-state index contributed by atoms with van der Waals surface area (Å²) in [7, 11) is 1.59. The van der Waals surface area contributed by atoms with E-state index in [2.05, 4.69) is 30.4 Å². The minimum Gasteiger partial charge on any atom is -0.377 e. The second-order valence-corrected chi connectivity index (χ2v) is 6.95. The van der Waals surface area contributed by atoms with Crippen LogP contribution < -0.4 is 10.9 Å². The maximum Gasteiger partial charge on any atom is 0.250 e. The fraction of sp³-hybridized carbons (Fsp3) is 0.533. The molecule has 0 spiro atoms. The zero-order valence-corrected chi connectivity index (χ0v) is 14.7. The number of hydrogen-bond acceptors (Lipinski definition) is 8. The molecule has 1 aliphatic heterocycles. The molecule has 1 saturated heterocycles. The number of rotatable bonds is 6. The second-order valence-electron chi connectivity index (χ2n) is 5.89. The lowest BCUT2D eigenvalue weighted by Crippen LogP contribution is -2.40. The van der Waals surface area contributed by atoms with Gasteiger partial charge in [-0.1, -0.05) is 11.3 Å². The largest absolute Gasteiger partial charge is 0.377 e. The summed E-state index contributed by atoms with van der Waals surface area (Å²) >= 11 is 1.30. The number of nitrogens with zero attached hydrogens (tertiary/aromatic N) is 4. The van der Waals surface area contributed by atoms with Crippen molar-refractivity contribution < 1.29 is 9.53 Å².